The summed E-state index contributed by atoms with van der Waals surface area (Å²) < 4.78 is 532. The van der Waals surface area contributed by atoms with E-state index < -0.39 is 309 Å². The van der Waals surface area contributed by atoms with Gasteiger partial charge in [-0.25, -0.2) is 13.2 Å². The van der Waals surface area contributed by atoms with Crippen LogP contribution < -0.4 is 16.7 Å². The number of rotatable bonds is 39. The Bertz CT molecular complexity index is 8690. The second kappa shape index (κ2) is 50.1. The van der Waals surface area contributed by atoms with Crippen LogP contribution in [0.3, 0.4) is 0 Å². The summed E-state index contributed by atoms with van der Waals surface area (Å²) in [5.41, 5.74) is -9.48. The third-order valence-corrected chi connectivity index (χ3v) is 24.6. The summed E-state index contributed by atoms with van der Waals surface area (Å²) in [5, 5.41) is -1.52. The Balaban J connectivity index is 0.000000225. The number of halogens is 12. The molecule has 0 saturated heterocycles. The Labute approximate surface area is 897 Å². The highest BCUT2D eigenvalue weighted by molar-refractivity contribution is 7.98. The van der Waals surface area contributed by atoms with E-state index in [1.807, 2.05) is 0 Å². The summed E-state index contributed by atoms with van der Waals surface area (Å²) in [6.45, 7) is -49.8. The molecule has 0 fully saturated rings. The zero-order valence-corrected chi connectivity index (χ0v) is 79.7. The Kier molecular flexibility index (Phi) is 22.7. The van der Waals surface area contributed by atoms with Gasteiger partial charge < -0.3 is 43.1 Å². The highest BCUT2D eigenvalue weighted by Gasteiger charge is 2.36. The minimum atomic E-state index is -5.22. The molecule has 0 saturated carbocycles. The topological polar surface area (TPSA) is 175 Å². The summed E-state index contributed by atoms with van der Waals surface area (Å²) in [6, 6.07) is 25.6. The van der Waals surface area contributed by atoms with Gasteiger partial charge in [-0.3, -0.25) is 28.8 Å². The van der Waals surface area contributed by atoms with Crippen molar-refractivity contribution in [2.45, 2.75) is 197 Å². The number of hydrogen-bond acceptors (Lipinski definition) is 15. The number of benzene rings is 9. The molecular formula is C110H118F12N12O6S3. The van der Waals surface area contributed by atoms with Gasteiger partial charge in [0.15, 0.2) is 15.5 Å². The first kappa shape index (κ1) is 64.8. The molecule has 0 N–H and O–H groups in total. The van der Waals surface area contributed by atoms with Crippen LogP contribution in [0.2, 0.25) is 0 Å². The van der Waals surface area contributed by atoms with Crippen molar-refractivity contribution in [3.63, 3.8) is 0 Å². The normalized spacial score (nSPS) is 20.4. The second-order valence-corrected chi connectivity index (χ2v) is 34.0. The fraction of sp³-hybridized carbons (Fsp3) is 0.373. The second-order valence-electron chi connectivity index (χ2n) is 31.2. The van der Waals surface area contributed by atoms with E-state index in [1.165, 1.54) is 121 Å². The Morgan fingerprint density at radius 2 is 0.692 bits per heavy atom. The van der Waals surface area contributed by atoms with Crippen LogP contribution in [0.25, 0.3) is 33.4 Å². The average molecular weight is 2070 g/mol. The number of thioether (sulfide) groups is 3. The molecule has 3 heterocycles. The molecule has 0 radical (unpaired) electrons. The highest BCUT2D eigenvalue weighted by Crippen LogP contribution is 2.39. The lowest BCUT2D eigenvalue weighted by Gasteiger charge is -2.28. The summed E-state index contributed by atoms with van der Waals surface area (Å²) in [7, 11) is 0. The van der Waals surface area contributed by atoms with Gasteiger partial charge in [0.25, 0.3) is 16.7 Å². The van der Waals surface area contributed by atoms with E-state index in [2.05, 4.69) is 15.0 Å². The quantitative estimate of drug-likeness (QED) is 0.0202. The van der Waals surface area contributed by atoms with Crippen LogP contribution in [0, 0.1) is 30.3 Å². The number of fused-ring (bicyclic) bond motifs is 3. The molecule has 15 rings (SSSR count). The maximum absolute atomic E-state index is 15.1. The number of amides is 3. The molecule has 12 aromatic rings. The largest absolute Gasteiger partial charge is 0.416 e. The molecular weight excluding hydrogens is 1910 g/mol. The molecule has 3 amide bonds. The summed E-state index contributed by atoms with van der Waals surface area (Å²) >= 11 is 2.07. The van der Waals surface area contributed by atoms with Crippen LogP contribution in [-0.4, -0.2) is 154 Å². The molecule has 0 aliphatic heterocycles. The van der Waals surface area contributed by atoms with Gasteiger partial charge in [-0.2, -0.15) is 54.5 Å². The van der Waals surface area contributed by atoms with E-state index in [0.717, 1.165) is 92.6 Å². The predicted octanol–water partition coefficient (Wildman–Crippen LogP) is 22.2. The fourth-order valence-electron chi connectivity index (χ4n) is 14.2. The van der Waals surface area contributed by atoms with Gasteiger partial charge in [0.1, 0.15) is 36.9 Å². The monoisotopic (exact) mass is 2070 g/mol. The molecule has 1 atom stereocenters. The van der Waals surface area contributed by atoms with Crippen molar-refractivity contribution < 1.29 is 125 Å². The first-order chi connectivity index (χ1) is 84.1. The number of likely N-dealkylation sites (N-methyl/N-ethyl adjacent to an activating group) is 3. The number of nitrogens with zero attached hydrogens (tertiary/aromatic N) is 12. The van der Waals surface area contributed by atoms with Gasteiger partial charge in [0.2, 0.25) is 17.7 Å². The molecule has 33 heteroatoms. The van der Waals surface area contributed by atoms with Crippen LogP contribution in [-0.2, 0) is 128 Å². The van der Waals surface area contributed by atoms with Gasteiger partial charge in [0, 0.05) is 141 Å². The molecule has 756 valence electrons. The number of alkyl halides is 9. The number of carbonyl (C=O) groups is 3. The highest BCUT2D eigenvalue weighted by atomic mass is 32.2. The van der Waals surface area contributed by atoms with E-state index in [0.29, 0.717) is 95.6 Å². The Hall–Kier alpha value is -11.9. The van der Waals surface area contributed by atoms with Crippen molar-refractivity contribution in [2.75, 3.05) is 78.0 Å². The molecule has 9 aromatic carbocycles. The van der Waals surface area contributed by atoms with Crippen molar-refractivity contribution >= 4 is 53.0 Å². The zero-order valence-electron chi connectivity index (χ0n) is 119. The summed E-state index contributed by atoms with van der Waals surface area (Å²) in [4.78, 5) is 96.3. The fourth-order valence-corrected chi connectivity index (χ4v) is 17.0. The molecule has 3 aliphatic rings. The van der Waals surface area contributed by atoms with E-state index in [1.54, 1.807) is 0 Å². The number of aromatic nitrogens is 6. The zero-order chi connectivity index (χ0) is 140. The van der Waals surface area contributed by atoms with Crippen LogP contribution in [0.15, 0.2) is 242 Å². The Morgan fingerprint density at radius 1 is 0.385 bits per heavy atom. The summed E-state index contributed by atoms with van der Waals surface area (Å²) in [5.74, 6) is -10.7. The first-order valence-electron chi connectivity index (χ1n) is 64.4. The standard InChI is InChI=1S/2C37H40F4N4O2S.C36H38F4N4O2S/c1-4-43(5-2)18-19-44(22-26-6-10-28(11-7-26)29-12-14-30(15-13-29)37(39,40)41)34(46)23-45-33-21-25(3)20-32(33)35(47)42-36(45)48-24-27-8-16-31(38)17-9-27;1-4-43(5-2)19-20-44(22-26-9-13-28(14-10-26)29-15-18-32(25(3)21-29)37(39,40)41)34(46)23-45-33-8-6-7-31(33)35(47)42-36(45)48-24-27-11-16-30(38)17-12-27;1-3-42(4-2)20-21-43(22-25-8-12-27(13-9-25)28-14-16-29(17-15-28)36(38,39)40)33(45)23-44-32-7-5-6-31(32)34(46)41-35(44)47-24-26-10-18-30(37)19-11-26/h6-17,25H,4-5,18-24H2,1-3H3;9-18,21H,4-8,19-20,22-24H2,1-3H3;8-19H,3-7,20-24H2,1-2H3/i4D2,5D2,18D2,19D2,20D2,21D2,23D2,25D;4D2,5D2,9D,10D,13D,14D,15D,18D,19D2,20D2,21D,23D2;3D2,4D2,20D2,21D2,23D2. The van der Waals surface area contributed by atoms with Gasteiger partial charge in [-0.05, 0) is 242 Å². The van der Waals surface area contributed by atoms with Crippen LogP contribution in [0.4, 0.5) is 52.7 Å². The minimum absolute atomic E-state index is 0.0192. The lowest BCUT2D eigenvalue weighted by molar-refractivity contribution is -0.138. The van der Waals surface area contributed by atoms with E-state index >= 15 is 9.59 Å². The van der Waals surface area contributed by atoms with Crippen molar-refractivity contribution in [1.82, 2.24) is 58.1 Å². The van der Waals surface area contributed by atoms with Crippen molar-refractivity contribution in [1.29, 1.82) is 0 Å². The van der Waals surface area contributed by atoms with E-state index in [4.69, 9.17) is 43.9 Å². The van der Waals surface area contributed by atoms with E-state index in [-0.39, 0.29) is 128 Å². The van der Waals surface area contributed by atoms with Gasteiger partial charge >= 0.3 is 18.5 Å². The van der Waals surface area contributed by atoms with Crippen molar-refractivity contribution in [3.8, 4) is 33.4 Å². The van der Waals surface area contributed by atoms with Crippen molar-refractivity contribution in [2.24, 2.45) is 5.89 Å². The minimum Gasteiger partial charge on any atom is -0.336 e. The Morgan fingerprint density at radius 3 is 1.02 bits per heavy atom. The average Bonchev–Trinajstić information content (AvgIpc) is 1.51. The summed E-state index contributed by atoms with van der Waals surface area (Å²) in [6.07, 6.45) is -19.9. The lowest BCUT2D eigenvalue weighted by Crippen LogP contribution is -2.40. The van der Waals surface area contributed by atoms with Gasteiger partial charge in [-0.1, -0.05) is 229 Å². The van der Waals surface area contributed by atoms with Crippen LogP contribution in [0.1, 0.15) is 208 Å². The van der Waals surface area contributed by atoms with E-state index in [9.17, 15) is 85.6 Å². The maximum atomic E-state index is 15.1. The van der Waals surface area contributed by atoms with Gasteiger partial charge in [0.05, 0.1) is 42.7 Å². The third-order valence-electron chi connectivity index (χ3n) is 21.5. The van der Waals surface area contributed by atoms with Crippen LogP contribution in [0.5, 0.6) is 0 Å². The SMILES string of the molecule is [2H]C([2H])(C)N(C([2H])([2H])C)C([2H])([2H])C([2H])([2H])N(Cc1ccc(-c2ccc(C(F)(F)F)cc2)cc1)C(=O)C([2H])([2H])n1c(SCc2ccc(F)cc2)nc(=O)c2c1C([2H])([2H])C([2H])(C)C2([2H])[2H].[2H]C([2H])(C)N(C([2H])([2H])C)C([2H])([2H])C([2H])([2H])N(Cc1ccc(-c2ccc(C(F)(F)F)cc2)cc1)C(=O)C([2H])([2H])n1c(SCc2ccc(F)cc2)nc(=O)c2c1CCC2.[2H]c1c([2H])c(-c2c([2H])c([2H])c(C(F)(F)F)c(C)c2[2H])c([2H])c([2H])c1CN(C(=O)C([2H])([2H])n1c(SCc2ccc(F)cc2)nc(=O)c2c1CCC2)C([2H])([2H])C([2H])([2H])N(C([2H])([2H])C)C([2H])([2H])C. The third kappa shape index (κ3) is 29.5. The molecule has 143 heavy (non-hydrogen) atoms. The maximum Gasteiger partial charge on any atom is 0.416 e. The van der Waals surface area contributed by atoms with Crippen LogP contribution >= 0.6 is 35.3 Å². The molecule has 0 bridgehead atoms. The molecule has 3 aliphatic carbocycles. The molecule has 0 spiro atoms. The number of hydrogen-bond donors (Lipinski definition) is 0. The van der Waals surface area contributed by atoms with Crippen molar-refractivity contribution in [3.05, 3.63) is 350 Å². The predicted molar refractivity (Wildman–Crippen MR) is 539 cm³/mol. The van der Waals surface area contributed by atoms with Gasteiger partial charge in [-0.15, -0.1) is 0 Å². The number of carbonyl (C=O) groups excluding carboxylic acids is 3. The lowest BCUT2D eigenvalue weighted by atomic mass is 9.98. The smallest absolute Gasteiger partial charge is 0.336 e. The first-order valence-corrected chi connectivity index (χ1v) is 46.4. The molecule has 18 nitrogen and oxygen atoms in total. The molecule has 3 aromatic heterocycles. The molecule has 1 unspecified atom stereocenters.